The molecule has 0 atom stereocenters. The molecule has 0 aliphatic rings. The van der Waals surface area contributed by atoms with Crippen LogP contribution in [0.25, 0.3) is 0 Å². The van der Waals surface area contributed by atoms with E-state index in [2.05, 4.69) is 4.72 Å². The van der Waals surface area contributed by atoms with Crippen LogP contribution in [0.3, 0.4) is 0 Å². The van der Waals surface area contributed by atoms with Gasteiger partial charge >= 0.3 is 5.97 Å². The number of furan rings is 1. The van der Waals surface area contributed by atoms with E-state index in [-0.39, 0.29) is 21.4 Å². The van der Waals surface area contributed by atoms with Crippen LogP contribution in [0, 0.1) is 12.7 Å². The van der Waals surface area contributed by atoms with Gasteiger partial charge in [-0.1, -0.05) is 11.6 Å². The zero-order valence-corrected chi connectivity index (χ0v) is 12.1. The van der Waals surface area contributed by atoms with Crippen molar-refractivity contribution in [1.82, 2.24) is 0 Å². The maximum absolute atomic E-state index is 13.1. The Balaban J connectivity index is 2.43. The number of sulfonamides is 1. The Bertz CT molecular complexity index is 815. The highest BCUT2D eigenvalue weighted by Gasteiger charge is 2.24. The molecule has 6 nitrogen and oxygen atoms in total. The van der Waals surface area contributed by atoms with Crippen molar-refractivity contribution in [3.63, 3.8) is 0 Å². The van der Waals surface area contributed by atoms with Gasteiger partial charge in [-0.2, -0.15) is 0 Å². The van der Waals surface area contributed by atoms with E-state index in [1.807, 2.05) is 0 Å². The second kappa shape index (κ2) is 5.38. The Morgan fingerprint density at radius 1 is 1.38 bits per heavy atom. The summed E-state index contributed by atoms with van der Waals surface area (Å²) >= 11 is 5.77. The standard InChI is InChI=1S/C12H9ClFNO5S/c1-6-11(5-10(20-6)12(16)17)21(18,19)15-9-4-7(14)2-3-8(9)13/h2-5,15H,1H3,(H,16,17). The van der Waals surface area contributed by atoms with Crippen LogP contribution in [0.5, 0.6) is 0 Å². The molecule has 0 aliphatic heterocycles. The zero-order chi connectivity index (χ0) is 15.8. The van der Waals surface area contributed by atoms with Crippen molar-refractivity contribution < 1.29 is 27.1 Å². The third-order valence-electron chi connectivity index (χ3n) is 2.55. The topological polar surface area (TPSA) is 96.6 Å². The Labute approximate surface area is 124 Å². The number of rotatable bonds is 4. The first kappa shape index (κ1) is 15.3. The number of aromatic carboxylic acids is 1. The first-order valence-corrected chi connectivity index (χ1v) is 7.38. The smallest absolute Gasteiger partial charge is 0.371 e. The predicted octanol–water partition coefficient (Wildman–Crippen LogP) is 2.88. The summed E-state index contributed by atoms with van der Waals surface area (Å²) in [5, 5.41) is 8.78. The molecule has 2 rings (SSSR count). The lowest BCUT2D eigenvalue weighted by Crippen LogP contribution is -2.13. The van der Waals surface area contributed by atoms with Gasteiger partial charge in [-0.3, -0.25) is 4.72 Å². The molecule has 0 radical (unpaired) electrons. The lowest BCUT2D eigenvalue weighted by molar-refractivity contribution is 0.0661. The van der Waals surface area contributed by atoms with Crippen molar-refractivity contribution in [3.8, 4) is 0 Å². The molecule has 0 aliphatic carbocycles. The highest BCUT2D eigenvalue weighted by molar-refractivity contribution is 7.92. The molecule has 0 bridgehead atoms. The summed E-state index contributed by atoms with van der Waals surface area (Å²) in [6, 6.07) is 4.05. The van der Waals surface area contributed by atoms with Crippen LogP contribution in [0.4, 0.5) is 10.1 Å². The molecule has 112 valence electrons. The van der Waals surface area contributed by atoms with Gasteiger partial charge in [0.05, 0.1) is 10.7 Å². The number of hydrogen-bond acceptors (Lipinski definition) is 4. The number of halogens is 2. The van der Waals surface area contributed by atoms with Gasteiger partial charge in [0.1, 0.15) is 16.5 Å². The molecule has 0 spiro atoms. The molecular weight excluding hydrogens is 325 g/mol. The SMILES string of the molecule is Cc1oc(C(=O)O)cc1S(=O)(=O)Nc1cc(F)ccc1Cl. The number of carboxylic acid groups (broad SMARTS) is 1. The van der Waals surface area contributed by atoms with Gasteiger partial charge in [-0.05, 0) is 25.1 Å². The number of aryl methyl sites for hydroxylation is 1. The van der Waals surface area contributed by atoms with E-state index in [0.29, 0.717) is 0 Å². The Morgan fingerprint density at radius 3 is 2.62 bits per heavy atom. The Kier molecular flexibility index (Phi) is 3.93. The molecule has 21 heavy (non-hydrogen) atoms. The minimum Gasteiger partial charge on any atom is -0.475 e. The molecule has 2 N–H and O–H groups in total. The van der Waals surface area contributed by atoms with E-state index >= 15 is 0 Å². The fraction of sp³-hybridized carbons (Fsp3) is 0.0833. The van der Waals surface area contributed by atoms with Crippen LogP contribution < -0.4 is 4.72 Å². The van der Waals surface area contributed by atoms with Crippen LogP contribution >= 0.6 is 11.6 Å². The number of anilines is 1. The van der Waals surface area contributed by atoms with Crippen molar-refractivity contribution in [1.29, 1.82) is 0 Å². The summed E-state index contributed by atoms with van der Waals surface area (Å²) in [5.41, 5.74) is -0.158. The molecule has 2 aromatic rings. The molecule has 1 aromatic heterocycles. The van der Waals surface area contributed by atoms with Gasteiger partial charge in [-0.15, -0.1) is 0 Å². The first-order chi connectivity index (χ1) is 9.70. The number of hydrogen-bond donors (Lipinski definition) is 2. The molecular formula is C12H9ClFNO5S. The first-order valence-electron chi connectivity index (χ1n) is 5.52. The van der Waals surface area contributed by atoms with E-state index in [1.54, 1.807) is 0 Å². The molecule has 9 heteroatoms. The van der Waals surface area contributed by atoms with Crippen molar-refractivity contribution in [3.05, 3.63) is 46.6 Å². The molecule has 1 heterocycles. The second-order valence-electron chi connectivity index (χ2n) is 4.07. The number of carboxylic acids is 1. The summed E-state index contributed by atoms with van der Waals surface area (Å²) in [5.74, 6) is -2.69. The maximum Gasteiger partial charge on any atom is 0.371 e. The number of carbonyl (C=O) groups is 1. The third kappa shape index (κ3) is 3.17. The van der Waals surface area contributed by atoms with Crippen LogP contribution in [0.15, 0.2) is 33.6 Å². The van der Waals surface area contributed by atoms with Gasteiger partial charge < -0.3 is 9.52 Å². The summed E-state index contributed by atoms with van der Waals surface area (Å²) in [6.07, 6.45) is 0. The average molecular weight is 334 g/mol. The summed E-state index contributed by atoms with van der Waals surface area (Å²) in [6.45, 7) is 1.30. The molecule has 0 amide bonds. The van der Waals surface area contributed by atoms with Gasteiger partial charge in [0, 0.05) is 6.07 Å². The van der Waals surface area contributed by atoms with Crippen LogP contribution in [-0.2, 0) is 10.0 Å². The summed E-state index contributed by atoms with van der Waals surface area (Å²) in [4.78, 5) is 10.4. The van der Waals surface area contributed by atoms with Crippen LogP contribution in [0.1, 0.15) is 16.3 Å². The second-order valence-corrected chi connectivity index (χ2v) is 6.12. The molecule has 0 unspecified atom stereocenters. The van der Waals surface area contributed by atoms with E-state index < -0.39 is 27.6 Å². The van der Waals surface area contributed by atoms with E-state index in [9.17, 15) is 17.6 Å². The molecule has 0 fully saturated rings. The quantitative estimate of drug-likeness (QED) is 0.896. The van der Waals surface area contributed by atoms with Gasteiger partial charge in [0.2, 0.25) is 5.76 Å². The van der Waals surface area contributed by atoms with Crippen LogP contribution in [0.2, 0.25) is 5.02 Å². The fourth-order valence-electron chi connectivity index (χ4n) is 1.61. The van der Waals surface area contributed by atoms with E-state index in [1.165, 1.54) is 13.0 Å². The zero-order valence-electron chi connectivity index (χ0n) is 10.6. The predicted molar refractivity (Wildman–Crippen MR) is 72.6 cm³/mol. The molecule has 1 aromatic carbocycles. The minimum absolute atomic E-state index is 0.000388. The third-order valence-corrected chi connectivity index (χ3v) is 4.35. The van der Waals surface area contributed by atoms with Crippen molar-refractivity contribution in [2.24, 2.45) is 0 Å². The largest absolute Gasteiger partial charge is 0.475 e. The van der Waals surface area contributed by atoms with Crippen molar-refractivity contribution in [2.45, 2.75) is 11.8 Å². The van der Waals surface area contributed by atoms with Crippen molar-refractivity contribution in [2.75, 3.05) is 4.72 Å². The maximum atomic E-state index is 13.1. The fourth-order valence-corrected chi connectivity index (χ4v) is 3.08. The van der Waals surface area contributed by atoms with E-state index in [4.69, 9.17) is 21.1 Å². The Morgan fingerprint density at radius 2 is 2.05 bits per heavy atom. The summed E-state index contributed by atoms with van der Waals surface area (Å²) in [7, 11) is -4.15. The van der Waals surface area contributed by atoms with Gasteiger partial charge in [0.15, 0.2) is 0 Å². The monoisotopic (exact) mass is 333 g/mol. The summed E-state index contributed by atoms with van der Waals surface area (Å²) < 4.78 is 44.4. The average Bonchev–Trinajstić information content (AvgIpc) is 2.77. The number of benzene rings is 1. The lowest BCUT2D eigenvalue weighted by atomic mass is 10.3. The van der Waals surface area contributed by atoms with Crippen molar-refractivity contribution >= 4 is 33.3 Å². The van der Waals surface area contributed by atoms with Gasteiger partial charge in [-0.25, -0.2) is 17.6 Å². The van der Waals surface area contributed by atoms with E-state index in [0.717, 1.165) is 18.2 Å². The lowest BCUT2D eigenvalue weighted by Gasteiger charge is -2.08. The number of nitrogens with one attached hydrogen (secondary N) is 1. The van der Waals surface area contributed by atoms with Crippen LogP contribution in [-0.4, -0.2) is 19.5 Å². The Hall–Kier alpha value is -2.06. The minimum atomic E-state index is -4.15. The molecule has 0 saturated carbocycles. The molecule has 0 saturated heterocycles. The highest BCUT2D eigenvalue weighted by atomic mass is 35.5. The highest BCUT2D eigenvalue weighted by Crippen LogP contribution is 2.27. The normalized spacial score (nSPS) is 11.4. The van der Waals surface area contributed by atoms with Gasteiger partial charge in [0.25, 0.3) is 10.0 Å².